The fourth-order valence-electron chi connectivity index (χ4n) is 3.10. The van der Waals surface area contributed by atoms with Crippen molar-refractivity contribution >= 4 is 51.4 Å². The van der Waals surface area contributed by atoms with Crippen molar-refractivity contribution in [1.82, 2.24) is 10.2 Å². The van der Waals surface area contributed by atoms with E-state index in [2.05, 4.69) is 20.8 Å². The molecule has 0 saturated heterocycles. The fourth-order valence-corrected chi connectivity index (χ4v) is 4.71. The van der Waals surface area contributed by atoms with Gasteiger partial charge in [0.1, 0.15) is 11.8 Å². The summed E-state index contributed by atoms with van der Waals surface area (Å²) in [5.41, 5.74) is 0.160. The minimum atomic E-state index is -4.78. The van der Waals surface area contributed by atoms with Crippen LogP contribution in [-0.4, -0.2) is 40.0 Å². The van der Waals surface area contributed by atoms with Crippen LogP contribution in [0.25, 0.3) is 0 Å². The number of fused-ring (bicyclic) bond motifs is 1. The number of hydrogen-bond donors (Lipinski definition) is 2. The third-order valence-electron chi connectivity index (χ3n) is 4.49. The Morgan fingerprint density at radius 2 is 2.09 bits per heavy atom. The first-order valence-corrected chi connectivity index (χ1v) is 11.1. The van der Waals surface area contributed by atoms with Crippen LogP contribution in [0.3, 0.4) is 0 Å². The number of para-hydroxylation sites is 2. The van der Waals surface area contributed by atoms with E-state index in [1.165, 1.54) is 29.5 Å². The maximum Gasteiger partial charge on any atom is 0.409 e. The van der Waals surface area contributed by atoms with Gasteiger partial charge in [-0.15, -0.1) is 10.2 Å². The number of carbonyl (C=O) groups excluding carboxylic acids is 2. The highest BCUT2D eigenvalue weighted by atomic mass is 32.2. The van der Waals surface area contributed by atoms with E-state index in [0.29, 0.717) is 26.7 Å². The van der Waals surface area contributed by atoms with Gasteiger partial charge < -0.3 is 15.1 Å². The van der Waals surface area contributed by atoms with E-state index in [0.717, 1.165) is 11.8 Å². The average Bonchev–Trinajstić information content (AvgIpc) is 3.39. The molecule has 1 aromatic carbocycles. The summed E-state index contributed by atoms with van der Waals surface area (Å²) in [6.07, 6.45) is -4.11. The van der Waals surface area contributed by atoms with Crippen molar-refractivity contribution in [3.05, 3.63) is 48.4 Å². The largest absolute Gasteiger partial charge is 0.467 e. The Kier molecular flexibility index (Phi) is 6.37. The zero-order valence-corrected chi connectivity index (χ0v) is 17.9. The summed E-state index contributed by atoms with van der Waals surface area (Å²) in [7, 11) is 0. The Labute approximate surface area is 188 Å². The summed E-state index contributed by atoms with van der Waals surface area (Å²) in [5.74, 6) is -1.20. The summed E-state index contributed by atoms with van der Waals surface area (Å²) in [4.78, 5) is 25.6. The highest BCUT2D eigenvalue weighted by molar-refractivity contribution is 8.01. The molecule has 3 aromatic rings. The predicted octanol–water partition coefficient (Wildman–Crippen LogP) is 4.14. The number of alkyl halides is 3. The normalized spacial score (nSPS) is 16.3. The van der Waals surface area contributed by atoms with Crippen LogP contribution in [0, 0.1) is 0 Å². The maximum atomic E-state index is 13.8. The molecule has 0 saturated carbocycles. The summed E-state index contributed by atoms with van der Waals surface area (Å²) in [5, 5.41) is 13.9. The van der Waals surface area contributed by atoms with Gasteiger partial charge in [0.25, 0.3) is 0 Å². The van der Waals surface area contributed by atoms with E-state index in [4.69, 9.17) is 4.42 Å². The van der Waals surface area contributed by atoms with Gasteiger partial charge in [0.2, 0.25) is 16.9 Å². The fraction of sp³-hybridized carbons (Fsp3) is 0.263. The topological polar surface area (TPSA) is 100 Å². The predicted molar refractivity (Wildman–Crippen MR) is 114 cm³/mol. The molecule has 0 fully saturated rings. The number of halogens is 3. The average molecular weight is 483 g/mol. The molecule has 1 aliphatic heterocycles. The van der Waals surface area contributed by atoms with E-state index >= 15 is 0 Å². The Morgan fingerprint density at radius 1 is 1.28 bits per heavy atom. The number of benzene rings is 1. The van der Waals surface area contributed by atoms with Gasteiger partial charge in [-0.1, -0.05) is 35.2 Å². The van der Waals surface area contributed by atoms with Gasteiger partial charge >= 0.3 is 6.18 Å². The van der Waals surface area contributed by atoms with Crippen LogP contribution in [0.4, 0.5) is 29.7 Å². The van der Waals surface area contributed by atoms with Crippen LogP contribution >= 0.6 is 23.1 Å². The number of thioether (sulfide) groups is 1. The number of hydrogen-bond acceptors (Lipinski definition) is 8. The van der Waals surface area contributed by atoms with E-state index in [-0.39, 0.29) is 17.1 Å². The number of nitrogens with one attached hydrogen (secondary N) is 2. The van der Waals surface area contributed by atoms with Gasteiger partial charge in [-0.2, -0.15) is 13.2 Å². The Morgan fingerprint density at radius 3 is 2.84 bits per heavy atom. The van der Waals surface area contributed by atoms with Crippen molar-refractivity contribution in [1.29, 1.82) is 0 Å². The molecule has 0 aliphatic carbocycles. The molecule has 1 atom stereocenters. The number of anilines is 3. The third-order valence-corrected chi connectivity index (χ3v) is 6.49. The smallest absolute Gasteiger partial charge is 0.409 e. The molecule has 0 spiro atoms. The lowest BCUT2D eigenvalue weighted by Gasteiger charge is -2.31. The Bertz CT molecular complexity index is 1100. The molecular formula is C19H16F3N5O3S2. The number of rotatable bonds is 6. The van der Waals surface area contributed by atoms with E-state index in [1.807, 2.05) is 0 Å². The van der Waals surface area contributed by atoms with Gasteiger partial charge in [0, 0.05) is 0 Å². The molecule has 0 radical (unpaired) electrons. The van der Waals surface area contributed by atoms with Crippen molar-refractivity contribution in [3.8, 4) is 0 Å². The molecule has 32 heavy (non-hydrogen) atoms. The maximum absolute atomic E-state index is 13.8. The molecule has 4 rings (SSSR count). The van der Waals surface area contributed by atoms with Crippen LogP contribution in [0.15, 0.2) is 51.4 Å². The number of carbonyl (C=O) groups is 2. The van der Waals surface area contributed by atoms with Crippen molar-refractivity contribution in [2.24, 2.45) is 0 Å². The van der Waals surface area contributed by atoms with Gasteiger partial charge in [0.05, 0.1) is 36.4 Å². The van der Waals surface area contributed by atoms with Crippen LogP contribution in [0.2, 0.25) is 0 Å². The van der Waals surface area contributed by atoms with E-state index in [9.17, 15) is 22.8 Å². The number of nitrogens with zero attached hydrogens (tertiary/aromatic N) is 3. The van der Waals surface area contributed by atoms with Crippen LogP contribution in [0.1, 0.15) is 12.2 Å². The first-order chi connectivity index (χ1) is 15.3. The highest BCUT2D eigenvalue weighted by Crippen LogP contribution is 2.38. The minimum absolute atomic E-state index is 0.00402. The van der Waals surface area contributed by atoms with Gasteiger partial charge in [-0.05, 0) is 24.3 Å². The second kappa shape index (κ2) is 9.20. The molecular weight excluding hydrogens is 467 g/mol. The van der Waals surface area contributed by atoms with E-state index in [1.54, 1.807) is 24.5 Å². The molecule has 168 valence electrons. The van der Waals surface area contributed by atoms with Gasteiger partial charge in [-0.3, -0.25) is 14.5 Å². The molecule has 8 nitrogen and oxygen atoms in total. The van der Waals surface area contributed by atoms with Crippen LogP contribution in [0.5, 0.6) is 0 Å². The molecule has 13 heteroatoms. The van der Waals surface area contributed by atoms with Crippen molar-refractivity contribution in [2.45, 2.75) is 29.5 Å². The molecule has 0 bridgehead atoms. The van der Waals surface area contributed by atoms with Crippen molar-refractivity contribution in [3.63, 3.8) is 0 Å². The van der Waals surface area contributed by atoms with E-state index < -0.39 is 30.5 Å². The standard InChI is InChI=1S/C19H16F3N5O3S2/c20-19(21,22)14-8-15(28)24-12-5-1-2-6-13(12)27(14)16(29)10-31-18-26-25-17(32-18)23-9-11-4-3-7-30-11/h1-7,14H,8-10H2,(H,23,25)(H,24,28). The summed E-state index contributed by atoms with van der Waals surface area (Å²) >= 11 is 2.15. The summed E-state index contributed by atoms with van der Waals surface area (Å²) < 4.78 is 46.9. The minimum Gasteiger partial charge on any atom is -0.467 e. The van der Waals surface area contributed by atoms with Crippen LogP contribution in [-0.2, 0) is 16.1 Å². The number of aromatic nitrogens is 2. The first-order valence-electron chi connectivity index (χ1n) is 9.31. The van der Waals surface area contributed by atoms with Crippen molar-refractivity contribution in [2.75, 3.05) is 21.3 Å². The molecule has 2 N–H and O–H groups in total. The zero-order chi connectivity index (χ0) is 22.7. The van der Waals surface area contributed by atoms with Crippen molar-refractivity contribution < 1.29 is 27.2 Å². The highest BCUT2D eigenvalue weighted by Gasteiger charge is 2.48. The van der Waals surface area contributed by atoms with Gasteiger partial charge in [0.15, 0.2) is 4.34 Å². The second-order valence-corrected chi connectivity index (χ2v) is 8.89. The lowest BCUT2D eigenvalue weighted by atomic mass is 10.1. The number of furan rings is 1. The molecule has 2 amide bonds. The zero-order valence-electron chi connectivity index (χ0n) is 16.3. The lowest BCUT2D eigenvalue weighted by Crippen LogP contribution is -2.50. The quantitative estimate of drug-likeness (QED) is 0.508. The molecule has 2 aromatic heterocycles. The first kappa shape index (κ1) is 22.1. The molecule has 3 heterocycles. The number of amides is 2. The Balaban J connectivity index is 1.48. The molecule has 1 unspecified atom stereocenters. The second-order valence-electron chi connectivity index (χ2n) is 6.69. The monoisotopic (exact) mass is 483 g/mol. The third kappa shape index (κ3) is 5.05. The lowest BCUT2D eigenvalue weighted by molar-refractivity contribution is -0.157. The SMILES string of the molecule is O=C1CC(C(F)(F)F)N(C(=O)CSc2nnc(NCc3ccco3)s2)c2ccccc2N1. The van der Waals surface area contributed by atoms with Crippen LogP contribution < -0.4 is 15.5 Å². The Hall–Kier alpha value is -3.06. The summed E-state index contributed by atoms with van der Waals surface area (Å²) in [6.45, 7) is 0.393. The summed E-state index contributed by atoms with van der Waals surface area (Å²) in [6, 6.07) is 7.20. The molecule has 1 aliphatic rings. The van der Waals surface area contributed by atoms with Gasteiger partial charge in [-0.25, -0.2) is 0 Å².